The lowest BCUT2D eigenvalue weighted by atomic mass is 10.2. The first-order valence-electron chi connectivity index (χ1n) is 5.94. The number of hydrogen-bond acceptors (Lipinski definition) is 3. The molecule has 0 aliphatic rings. The fraction of sp³-hybridized carbons (Fsp3) is 0.833. The van der Waals surface area contributed by atoms with Gasteiger partial charge in [0.2, 0.25) is 0 Å². The highest BCUT2D eigenvalue weighted by atomic mass is 31.2. The maximum absolute atomic E-state index is 12.9. The van der Waals surface area contributed by atoms with Gasteiger partial charge in [0.05, 0.1) is 19.0 Å². The minimum absolute atomic E-state index is 0.0451. The van der Waals surface area contributed by atoms with Crippen LogP contribution in [0.1, 0.15) is 34.6 Å². The summed E-state index contributed by atoms with van der Waals surface area (Å²) in [5, 5.41) is 17.3. The summed E-state index contributed by atoms with van der Waals surface area (Å²) in [5.74, 6) is -3.45. The molecule has 2 N–H and O–H groups in total. The molecule has 0 aromatic rings. The second-order valence-corrected chi connectivity index (χ2v) is 9.75. The van der Waals surface area contributed by atoms with Crippen LogP contribution in [0.15, 0.2) is 0 Å². The second-order valence-electron chi connectivity index (χ2n) is 5.90. The van der Waals surface area contributed by atoms with E-state index in [0.717, 1.165) is 0 Å². The van der Waals surface area contributed by atoms with Gasteiger partial charge in [0.1, 0.15) is 0 Å². The number of carbonyl (C=O) groups is 2. The van der Waals surface area contributed by atoms with Crippen LogP contribution in [0.3, 0.4) is 0 Å². The highest BCUT2D eigenvalue weighted by Crippen LogP contribution is 2.59. The highest BCUT2D eigenvalue weighted by molar-refractivity contribution is 7.65. The molecule has 6 heteroatoms. The van der Waals surface area contributed by atoms with Crippen LogP contribution in [0.2, 0.25) is 0 Å². The fourth-order valence-corrected chi connectivity index (χ4v) is 4.99. The molecule has 106 valence electrons. The number of rotatable bonds is 6. The molecule has 0 aliphatic heterocycles. The largest absolute Gasteiger partial charge is 0.481 e. The van der Waals surface area contributed by atoms with Crippen molar-refractivity contribution in [2.45, 2.75) is 39.8 Å². The molecular weight excluding hydrogens is 255 g/mol. The van der Waals surface area contributed by atoms with Crippen LogP contribution >= 0.6 is 7.14 Å². The predicted octanol–water partition coefficient (Wildman–Crippen LogP) is 2.59. The molecule has 5 nitrogen and oxygen atoms in total. The van der Waals surface area contributed by atoms with E-state index < -0.39 is 36.1 Å². The van der Waals surface area contributed by atoms with Crippen molar-refractivity contribution < 1.29 is 24.4 Å². The molecule has 0 heterocycles. The molecule has 0 bridgehead atoms. The summed E-state index contributed by atoms with van der Waals surface area (Å²) in [6.07, 6.45) is 0.0902. The van der Waals surface area contributed by atoms with Gasteiger partial charge in [-0.05, 0) is 0 Å². The minimum atomic E-state index is -2.88. The number of carboxylic acids is 2. The van der Waals surface area contributed by atoms with E-state index in [0.29, 0.717) is 0 Å². The van der Waals surface area contributed by atoms with E-state index in [9.17, 15) is 14.2 Å². The summed E-state index contributed by atoms with van der Waals surface area (Å²) in [5.41, 5.74) is 0. The van der Waals surface area contributed by atoms with Gasteiger partial charge in [-0.2, -0.15) is 0 Å². The van der Waals surface area contributed by atoms with Gasteiger partial charge in [-0.25, -0.2) is 0 Å². The van der Waals surface area contributed by atoms with Gasteiger partial charge in [-0.3, -0.25) is 9.59 Å². The number of carboxylic acid groups (broad SMARTS) is 2. The van der Waals surface area contributed by atoms with Crippen molar-refractivity contribution >= 4 is 19.1 Å². The molecule has 18 heavy (non-hydrogen) atoms. The van der Waals surface area contributed by atoms with Gasteiger partial charge < -0.3 is 14.8 Å². The second kappa shape index (κ2) is 5.87. The summed E-state index contributed by atoms with van der Waals surface area (Å²) in [7, 11) is -2.88. The lowest BCUT2D eigenvalue weighted by Crippen LogP contribution is -2.28. The van der Waals surface area contributed by atoms with E-state index in [-0.39, 0.29) is 12.3 Å². The maximum atomic E-state index is 12.9. The van der Waals surface area contributed by atoms with Crippen LogP contribution in [0.4, 0.5) is 0 Å². The first-order chi connectivity index (χ1) is 7.90. The summed E-state index contributed by atoms with van der Waals surface area (Å²) in [4.78, 5) is 21.8. The molecule has 2 atom stereocenters. The van der Waals surface area contributed by atoms with E-state index in [1.165, 1.54) is 13.8 Å². The van der Waals surface area contributed by atoms with E-state index in [1.807, 2.05) is 0 Å². The van der Waals surface area contributed by atoms with E-state index in [2.05, 4.69) is 0 Å². The highest BCUT2D eigenvalue weighted by Gasteiger charge is 2.40. The average molecular weight is 278 g/mol. The summed E-state index contributed by atoms with van der Waals surface area (Å²) in [6, 6.07) is 0. The van der Waals surface area contributed by atoms with Gasteiger partial charge >= 0.3 is 11.9 Å². The van der Waals surface area contributed by atoms with Crippen LogP contribution in [0, 0.1) is 11.8 Å². The van der Waals surface area contributed by atoms with Crippen molar-refractivity contribution in [1.29, 1.82) is 0 Å². The molecule has 2 unspecified atom stereocenters. The van der Waals surface area contributed by atoms with Gasteiger partial charge in [0.25, 0.3) is 0 Å². The van der Waals surface area contributed by atoms with Crippen molar-refractivity contribution in [3.8, 4) is 0 Å². The van der Waals surface area contributed by atoms with Crippen molar-refractivity contribution in [3.63, 3.8) is 0 Å². The molecule has 0 saturated carbocycles. The van der Waals surface area contributed by atoms with Gasteiger partial charge in [-0.15, -0.1) is 0 Å². The Labute approximate surface area is 108 Å². The average Bonchev–Trinajstić information content (AvgIpc) is 2.14. The van der Waals surface area contributed by atoms with Crippen molar-refractivity contribution in [2.24, 2.45) is 11.8 Å². The quantitative estimate of drug-likeness (QED) is 0.728. The van der Waals surface area contributed by atoms with Crippen molar-refractivity contribution in [1.82, 2.24) is 0 Å². The zero-order chi connectivity index (χ0) is 14.7. The Morgan fingerprint density at radius 3 is 1.44 bits per heavy atom. The molecule has 0 saturated heterocycles. The lowest BCUT2D eigenvalue weighted by Gasteiger charge is -2.33. The maximum Gasteiger partial charge on any atom is 0.306 e. The van der Waals surface area contributed by atoms with E-state index in [4.69, 9.17) is 10.2 Å². The zero-order valence-corrected chi connectivity index (χ0v) is 12.5. The predicted molar refractivity (Wildman–Crippen MR) is 70.7 cm³/mol. The Bertz CT molecular complexity index is 343. The summed E-state index contributed by atoms with van der Waals surface area (Å²) >= 11 is 0. The Balaban J connectivity index is 5.15. The number of aliphatic carboxylic acids is 2. The third-order valence-electron chi connectivity index (χ3n) is 3.20. The van der Waals surface area contributed by atoms with Crippen LogP contribution < -0.4 is 0 Å². The topological polar surface area (TPSA) is 91.7 Å². The van der Waals surface area contributed by atoms with Crippen molar-refractivity contribution in [2.75, 3.05) is 12.3 Å². The van der Waals surface area contributed by atoms with Crippen molar-refractivity contribution in [3.05, 3.63) is 0 Å². The first kappa shape index (κ1) is 17.2. The van der Waals surface area contributed by atoms with Gasteiger partial charge in [-0.1, -0.05) is 34.6 Å². The molecule has 0 spiro atoms. The summed E-state index contributed by atoms with van der Waals surface area (Å²) in [6.45, 7) is 8.34. The molecule has 0 amide bonds. The summed E-state index contributed by atoms with van der Waals surface area (Å²) < 4.78 is 12.9. The lowest BCUT2D eigenvalue weighted by molar-refractivity contribution is -0.141. The van der Waals surface area contributed by atoms with Crippen LogP contribution in [0.5, 0.6) is 0 Å². The third kappa shape index (κ3) is 4.45. The normalized spacial score (nSPS) is 18.7. The third-order valence-corrected chi connectivity index (χ3v) is 7.92. The monoisotopic (exact) mass is 278 g/mol. The number of hydrogen-bond donors (Lipinski definition) is 2. The molecule has 0 aliphatic carbocycles. The first-order valence-corrected chi connectivity index (χ1v) is 8.02. The molecular formula is C12H23O5P. The van der Waals surface area contributed by atoms with E-state index >= 15 is 0 Å². The SMILES string of the molecule is CC(CP(=O)(CC(C)C(=O)O)C(C)(C)C)C(=O)O. The van der Waals surface area contributed by atoms with Gasteiger partial charge in [0.15, 0.2) is 0 Å². The van der Waals surface area contributed by atoms with Crippen LogP contribution in [-0.2, 0) is 14.2 Å². The zero-order valence-electron chi connectivity index (χ0n) is 11.6. The molecule has 0 aromatic heterocycles. The Kier molecular flexibility index (Phi) is 5.60. The van der Waals surface area contributed by atoms with E-state index in [1.54, 1.807) is 20.8 Å². The van der Waals surface area contributed by atoms with Crippen LogP contribution in [-0.4, -0.2) is 39.6 Å². The Hall–Kier alpha value is -0.830. The molecule has 0 fully saturated rings. The smallest absolute Gasteiger partial charge is 0.306 e. The van der Waals surface area contributed by atoms with Gasteiger partial charge in [0, 0.05) is 17.5 Å². The molecule has 0 aromatic carbocycles. The van der Waals surface area contributed by atoms with Crippen LogP contribution in [0.25, 0.3) is 0 Å². The standard InChI is InChI=1S/C12H23O5P/c1-8(10(13)14)6-18(17,12(3,4)5)7-9(2)11(15)16/h8-9H,6-7H2,1-5H3,(H,13,14)(H,15,16). The molecule has 0 radical (unpaired) electrons. The Morgan fingerprint density at radius 1 is 1.00 bits per heavy atom. The molecule has 0 rings (SSSR count). The minimum Gasteiger partial charge on any atom is -0.481 e. The Morgan fingerprint density at radius 2 is 1.28 bits per heavy atom. The fourth-order valence-electron chi connectivity index (χ4n) is 1.66.